The number of carbonyl (C=O) groups excluding carboxylic acids is 5. The topological polar surface area (TPSA) is 143 Å². The van der Waals surface area contributed by atoms with E-state index in [4.69, 9.17) is 16.3 Å². The molecule has 0 aliphatic heterocycles. The Kier molecular flexibility index (Phi) is 8.99. The van der Waals surface area contributed by atoms with E-state index in [1.807, 2.05) is 0 Å². The number of ether oxygens (including phenoxy) is 1. The minimum Gasteiger partial charge on any atom is -0.455 e. The number of carbonyl (C=O) groups is 5. The number of halogens is 1. The SMILES string of the molecule is O=C(CCC(=O)OCC(=O)NNC(=O)c1ccccc1)NNC(=O)c1ccc(Cl)cc1. The third-order valence-electron chi connectivity index (χ3n) is 3.69. The molecule has 0 saturated carbocycles. The van der Waals surface area contributed by atoms with Crippen molar-refractivity contribution in [3.8, 4) is 0 Å². The number of benzene rings is 2. The molecular formula is C20H19ClN4O6. The molecular weight excluding hydrogens is 428 g/mol. The first-order valence-corrected chi connectivity index (χ1v) is 9.37. The van der Waals surface area contributed by atoms with Crippen molar-refractivity contribution in [2.24, 2.45) is 0 Å². The molecule has 0 saturated heterocycles. The smallest absolute Gasteiger partial charge is 0.306 e. The van der Waals surface area contributed by atoms with Crippen molar-refractivity contribution >= 4 is 41.2 Å². The molecule has 0 heterocycles. The summed E-state index contributed by atoms with van der Waals surface area (Å²) in [5.41, 5.74) is 9.26. The van der Waals surface area contributed by atoms with Gasteiger partial charge in [-0.05, 0) is 36.4 Å². The van der Waals surface area contributed by atoms with Gasteiger partial charge in [0.2, 0.25) is 5.91 Å². The second kappa shape index (κ2) is 11.9. The summed E-state index contributed by atoms with van der Waals surface area (Å²) >= 11 is 5.73. The third kappa shape index (κ3) is 8.54. The highest BCUT2D eigenvalue weighted by atomic mass is 35.5. The summed E-state index contributed by atoms with van der Waals surface area (Å²) in [4.78, 5) is 58.6. The number of esters is 1. The van der Waals surface area contributed by atoms with Crippen LogP contribution in [0.4, 0.5) is 0 Å². The normalized spacial score (nSPS) is 9.84. The fourth-order valence-corrected chi connectivity index (χ4v) is 2.25. The number of amides is 4. The zero-order valence-electron chi connectivity index (χ0n) is 16.1. The molecule has 162 valence electrons. The number of hydrogen-bond acceptors (Lipinski definition) is 6. The minimum absolute atomic E-state index is 0.272. The highest BCUT2D eigenvalue weighted by Crippen LogP contribution is 2.09. The fraction of sp³-hybridized carbons (Fsp3) is 0.150. The van der Waals surface area contributed by atoms with E-state index < -0.39 is 36.2 Å². The van der Waals surface area contributed by atoms with E-state index in [1.54, 1.807) is 30.3 Å². The van der Waals surface area contributed by atoms with Gasteiger partial charge in [-0.2, -0.15) is 0 Å². The van der Waals surface area contributed by atoms with Gasteiger partial charge >= 0.3 is 5.97 Å². The molecule has 10 nitrogen and oxygen atoms in total. The van der Waals surface area contributed by atoms with Crippen LogP contribution in [0.15, 0.2) is 54.6 Å². The molecule has 0 aliphatic rings. The molecule has 0 radical (unpaired) electrons. The van der Waals surface area contributed by atoms with Crippen molar-refractivity contribution < 1.29 is 28.7 Å². The number of hydrogen-bond donors (Lipinski definition) is 4. The van der Waals surface area contributed by atoms with Gasteiger partial charge in [0.25, 0.3) is 17.7 Å². The average molecular weight is 447 g/mol. The molecule has 0 spiro atoms. The van der Waals surface area contributed by atoms with Crippen molar-refractivity contribution in [3.63, 3.8) is 0 Å². The van der Waals surface area contributed by atoms with Crippen LogP contribution in [-0.4, -0.2) is 36.2 Å². The number of nitrogens with one attached hydrogen (secondary N) is 4. The van der Waals surface area contributed by atoms with Gasteiger partial charge in [-0.15, -0.1) is 0 Å². The Labute approximate surface area is 182 Å². The second-order valence-corrected chi connectivity index (χ2v) is 6.47. The van der Waals surface area contributed by atoms with Crippen LogP contribution in [0.25, 0.3) is 0 Å². The molecule has 2 aromatic carbocycles. The zero-order valence-corrected chi connectivity index (χ0v) is 16.9. The van der Waals surface area contributed by atoms with E-state index in [1.165, 1.54) is 24.3 Å². The molecule has 31 heavy (non-hydrogen) atoms. The van der Waals surface area contributed by atoms with Gasteiger partial charge in [0.1, 0.15) is 0 Å². The summed E-state index contributed by atoms with van der Waals surface area (Å²) < 4.78 is 4.72. The predicted octanol–water partition coefficient (Wildman–Crippen LogP) is 0.886. The summed E-state index contributed by atoms with van der Waals surface area (Å²) in [7, 11) is 0. The van der Waals surface area contributed by atoms with Gasteiger partial charge in [-0.3, -0.25) is 45.7 Å². The third-order valence-corrected chi connectivity index (χ3v) is 3.95. The molecule has 0 atom stereocenters. The average Bonchev–Trinajstić information content (AvgIpc) is 2.79. The van der Waals surface area contributed by atoms with Crippen LogP contribution in [0.3, 0.4) is 0 Å². The molecule has 0 aliphatic carbocycles. The Morgan fingerprint density at radius 3 is 1.84 bits per heavy atom. The minimum atomic E-state index is -0.802. The molecule has 0 unspecified atom stereocenters. The van der Waals surface area contributed by atoms with Gasteiger partial charge in [-0.1, -0.05) is 29.8 Å². The van der Waals surface area contributed by atoms with Crippen LogP contribution in [0.1, 0.15) is 33.6 Å². The number of hydrazine groups is 2. The second-order valence-electron chi connectivity index (χ2n) is 6.04. The van der Waals surface area contributed by atoms with Crippen LogP contribution in [-0.2, 0) is 19.1 Å². The molecule has 0 aromatic heterocycles. The standard InChI is InChI=1S/C20H19ClN4O6/c21-15-8-6-14(7-9-15)20(30)24-22-16(26)10-11-18(28)31-12-17(27)23-25-19(29)13-4-2-1-3-5-13/h1-9H,10-12H2,(H,22,26)(H,23,27)(H,24,30)(H,25,29). The van der Waals surface area contributed by atoms with Gasteiger partial charge in [-0.25, -0.2) is 0 Å². The van der Waals surface area contributed by atoms with E-state index >= 15 is 0 Å². The van der Waals surface area contributed by atoms with Crippen LogP contribution in [0, 0.1) is 0 Å². The molecule has 0 fully saturated rings. The van der Waals surface area contributed by atoms with Gasteiger partial charge in [0, 0.05) is 22.6 Å². The Morgan fingerprint density at radius 1 is 0.677 bits per heavy atom. The van der Waals surface area contributed by atoms with Crippen molar-refractivity contribution in [2.45, 2.75) is 12.8 Å². The summed E-state index contributed by atoms with van der Waals surface area (Å²) in [6.45, 7) is -0.636. The number of rotatable bonds is 7. The molecule has 4 amide bonds. The van der Waals surface area contributed by atoms with E-state index in [0.717, 1.165) is 0 Å². The Morgan fingerprint density at radius 2 is 1.23 bits per heavy atom. The largest absolute Gasteiger partial charge is 0.455 e. The van der Waals surface area contributed by atoms with Crippen LogP contribution in [0.2, 0.25) is 5.02 Å². The van der Waals surface area contributed by atoms with Gasteiger partial charge in [0.15, 0.2) is 6.61 Å². The van der Waals surface area contributed by atoms with E-state index in [-0.39, 0.29) is 18.4 Å². The maximum atomic E-state index is 11.8. The van der Waals surface area contributed by atoms with Gasteiger partial charge < -0.3 is 4.74 Å². The Balaban J connectivity index is 1.59. The highest BCUT2D eigenvalue weighted by Gasteiger charge is 2.12. The van der Waals surface area contributed by atoms with Crippen LogP contribution >= 0.6 is 11.6 Å². The Bertz CT molecular complexity index is 950. The van der Waals surface area contributed by atoms with Crippen LogP contribution in [0.5, 0.6) is 0 Å². The lowest BCUT2D eigenvalue weighted by Gasteiger charge is -2.09. The highest BCUT2D eigenvalue weighted by molar-refractivity contribution is 6.30. The summed E-state index contributed by atoms with van der Waals surface area (Å²) in [5, 5.41) is 0.464. The first-order valence-electron chi connectivity index (χ1n) is 9.00. The molecule has 4 N–H and O–H groups in total. The predicted molar refractivity (Wildman–Crippen MR) is 109 cm³/mol. The summed E-state index contributed by atoms with van der Waals surface area (Å²) in [6, 6.07) is 14.2. The van der Waals surface area contributed by atoms with Crippen LogP contribution < -0.4 is 21.7 Å². The van der Waals surface area contributed by atoms with Crippen molar-refractivity contribution in [1.82, 2.24) is 21.7 Å². The molecule has 0 bridgehead atoms. The molecule has 2 rings (SSSR count). The molecule has 11 heteroatoms. The summed E-state index contributed by atoms with van der Waals surface area (Å²) in [6.07, 6.45) is -0.585. The van der Waals surface area contributed by atoms with E-state index in [2.05, 4.69) is 21.7 Å². The zero-order chi connectivity index (χ0) is 22.6. The van der Waals surface area contributed by atoms with Crippen molar-refractivity contribution in [3.05, 3.63) is 70.7 Å². The Hall–Kier alpha value is -3.92. The molecule has 2 aromatic rings. The monoisotopic (exact) mass is 446 g/mol. The lowest BCUT2D eigenvalue weighted by Crippen LogP contribution is -2.43. The van der Waals surface area contributed by atoms with Crippen molar-refractivity contribution in [2.75, 3.05) is 6.61 Å². The van der Waals surface area contributed by atoms with Crippen molar-refractivity contribution in [1.29, 1.82) is 0 Å². The van der Waals surface area contributed by atoms with E-state index in [9.17, 15) is 24.0 Å². The fourth-order valence-electron chi connectivity index (χ4n) is 2.12. The summed E-state index contributed by atoms with van der Waals surface area (Å²) in [5.74, 6) is -3.26. The quantitative estimate of drug-likeness (QED) is 0.367. The maximum absolute atomic E-state index is 11.8. The maximum Gasteiger partial charge on any atom is 0.306 e. The first-order chi connectivity index (χ1) is 14.8. The van der Waals surface area contributed by atoms with Gasteiger partial charge in [0.05, 0.1) is 6.42 Å². The first kappa shape index (κ1) is 23.4. The lowest BCUT2D eigenvalue weighted by molar-refractivity contribution is -0.149. The van der Waals surface area contributed by atoms with E-state index in [0.29, 0.717) is 10.6 Å². The lowest BCUT2D eigenvalue weighted by atomic mass is 10.2.